The third kappa shape index (κ3) is 5.59. The lowest BCUT2D eigenvalue weighted by Crippen LogP contribution is -2.49. The predicted octanol–water partition coefficient (Wildman–Crippen LogP) is 0.790. The van der Waals surface area contributed by atoms with Gasteiger partial charge in [0.25, 0.3) is 0 Å². The molecule has 0 spiro atoms. The molecule has 1 aliphatic rings. The van der Waals surface area contributed by atoms with Crippen molar-refractivity contribution < 1.29 is 9.59 Å². The van der Waals surface area contributed by atoms with E-state index >= 15 is 0 Å². The van der Waals surface area contributed by atoms with Crippen molar-refractivity contribution in [1.82, 2.24) is 15.5 Å². The third-order valence-electron chi connectivity index (χ3n) is 3.88. The summed E-state index contributed by atoms with van der Waals surface area (Å²) < 4.78 is 0. The summed E-state index contributed by atoms with van der Waals surface area (Å²) in [5.74, 6) is 0.0932. The number of ketones is 1. The lowest BCUT2D eigenvalue weighted by Gasteiger charge is -2.25. The second kappa shape index (κ2) is 8.37. The molecule has 0 aromatic rings. The van der Waals surface area contributed by atoms with Crippen LogP contribution in [-0.4, -0.2) is 54.9 Å². The van der Waals surface area contributed by atoms with Gasteiger partial charge in [-0.05, 0) is 38.8 Å². The third-order valence-corrected chi connectivity index (χ3v) is 3.88. The molecule has 1 aliphatic heterocycles. The first kappa shape index (κ1) is 17.1. The number of carbonyl (C=O) groups excluding carboxylic acids is 2. The highest BCUT2D eigenvalue weighted by atomic mass is 16.2. The van der Waals surface area contributed by atoms with Crippen LogP contribution in [0.2, 0.25) is 0 Å². The first-order valence-corrected chi connectivity index (χ1v) is 7.69. The molecule has 1 amide bonds. The van der Waals surface area contributed by atoms with E-state index < -0.39 is 0 Å². The minimum Gasteiger partial charge on any atom is -0.345 e. The van der Waals surface area contributed by atoms with Crippen LogP contribution in [0.4, 0.5) is 0 Å². The van der Waals surface area contributed by atoms with Gasteiger partial charge in [0.15, 0.2) is 5.78 Å². The summed E-state index contributed by atoms with van der Waals surface area (Å²) in [5.41, 5.74) is 0. The maximum Gasteiger partial charge on any atom is 0.234 e. The molecule has 0 bridgehead atoms. The monoisotopic (exact) mass is 283 g/mol. The Bertz CT molecular complexity index is 325. The van der Waals surface area contributed by atoms with Crippen LogP contribution < -0.4 is 10.6 Å². The van der Waals surface area contributed by atoms with E-state index in [1.54, 1.807) is 0 Å². The van der Waals surface area contributed by atoms with Gasteiger partial charge in [0.05, 0.1) is 12.6 Å². The number of nitrogens with one attached hydrogen (secondary N) is 2. The van der Waals surface area contributed by atoms with Crippen molar-refractivity contribution in [2.75, 3.05) is 26.2 Å². The zero-order valence-electron chi connectivity index (χ0n) is 13.2. The first-order chi connectivity index (χ1) is 9.43. The van der Waals surface area contributed by atoms with Gasteiger partial charge in [-0.15, -0.1) is 0 Å². The zero-order valence-corrected chi connectivity index (χ0v) is 13.2. The molecule has 0 saturated carbocycles. The Labute approximate surface area is 122 Å². The van der Waals surface area contributed by atoms with Crippen molar-refractivity contribution >= 4 is 11.7 Å². The maximum absolute atomic E-state index is 12.1. The summed E-state index contributed by atoms with van der Waals surface area (Å²) in [5, 5.41) is 6.30. The van der Waals surface area contributed by atoms with E-state index in [1.807, 2.05) is 13.8 Å². The van der Waals surface area contributed by atoms with E-state index in [-0.39, 0.29) is 23.7 Å². The molecule has 20 heavy (non-hydrogen) atoms. The number of carbonyl (C=O) groups is 2. The van der Waals surface area contributed by atoms with Crippen LogP contribution in [0.25, 0.3) is 0 Å². The summed E-state index contributed by atoms with van der Waals surface area (Å²) in [4.78, 5) is 25.7. The molecule has 1 rings (SSSR count). The van der Waals surface area contributed by atoms with Crippen LogP contribution in [0.1, 0.15) is 40.5 Å². The molecule has 1 fully saturated rings. The van der Waals surface area contributed by atoms with E-state index in [0.29, 0.717) is 12.6 Å². The predicted molar refractivity (Wildman–Crippen MR) is 80.6 cm³/mol. The largest absolute Gasteiger partial charge is 0.345 e. The number of Topliss-reactive ketones (excluding diaryl/α,β-unsaturated/α-hetero) is 1. The highest BCUT2D eigenvalue weighted by Gasteiger charge is 2.23. The number of rotatable bonds is 8. The lowest BCUT2D eigenvalue weighted by atomic mass is 10.0. The van der Waals surface area contributed by atoms with E-state index in [2.05, 4.69) is 22.5 Å². The van der Waals surface area contributed by atoms with Gasteiger partial charge in [-0.2, -0.15) is 0 Å². The average molecular weight is 283 g/mol. The van der Waals surface area contributed by atoms with Crippen molar-refractivity contribution in [3.63, 3.8) is 0 Å². The molecule has 2 unspecified atom stereocenters. The standard InChI is InChI=1S/C15H29N3O2/c1-5-18(9-13-7-6-8-16-13)10-14(20)17-15(11(2)3)12(4)19/h11,13,15-16H,5-10H2,1-4H3,(H,17,20). The Morgan fingerprint density at radius 3 is 2.55 bits per heavy atom. The lowest BCUT2D eigenvalue weighted by molar-refractivity contribution is -0.128. The van der Waals surface area contributed by atoms with Gasteiger partial charge >= 0.3 is 0 Å². The van der Waals surface area contributed by atoms with Crippen molar-refractivity contribution in [3.05, 3.63) is 0 Å². The molecule has 0 radical (unpaired) electrons. The number of likely N-dealkylation sites (N-methyl/N-ethyl adjacent to an activating group) is 1. The number of amides is 1. The molecule has 5 heteroatoms. The minimum atomic E-state index is -0.370. The molecular formula is C15H29N3O2. The van der Waals surface area contributed by atoms with Crippen LogP contribution in [0.15, 0.2) is 0 Å². The summed E-state index contributed by atoms with van der Waals surface area (Å²) in [6, 6.07) is 0.127. The van der Waals surface area contributed by atoms with E-state index in [9.17, 15) is 9.59 Å². The molecule has 116 valence electrons. The Balaban J connectivity index is 2.43. The van der Waals surface area contributed by atoms with Crippen LogP contribution in [0.5, 0.6) is 0 Å². The fourth-order valence-corrected chi connectivity index (χ4v) is 2.69. The molecule has 2 N–H and O–H groups in total. The number of nitrogens with zero attached hydrogens (tertiary/aromatic N) is 1. The van der Waals surface area contributed by atoms with E-state index in [4.69, 9.17) is 0 Å². The van der Waals surface area contributed by atoms with E-state index in [0.717, 1.165) is 19.6 Å². The topological polar surface area (TPSA) is 61.4 Å². The van der Waals surface area contributed by atoms with Gasteiger partial charge in [-0.3, -0.25) is 14.5 Å². The average Bonchev–Trinajstić information content (AvgIpc) is 2.87. The fraction of sp³-hybridized carbons (Fsp3) is 0.867. The molecule has 0 aromatic heterocycles. The van der Waals surface area contributed by atoms with E-state index in [1.165, 1.54) is 19.8 Å². The summed E-state index contributed by atoms with van der Waals surface area (Å²) in [6.45, 7) is 10.7. The van der Waals surface area contributed by atoms with Gasteiger partial charge in [0.2, 0.25) is 5.91 Å². The van der Waals surface area contributed by atoms with Crippen LogP contribution >= 0.6 is 0 Å². The quantitative estimate of drug-likeness (QED) is 0.691. The Kier molecular flexibility index (Phi) is 7.16. The Morgan fingerprint density at radius 1 is 1.40 bits per heavy atom. The van der Waals surface area contributed by atoms with Crippen molar-refractivity contribution in [3.8, 4) is 0 Å². The molecule has 2 atom stereocenters. The van der Waals surface area contributed by atoms with Gasteiger partial charge < -0.3 is 10.6 Å². The second-order valence-electron chi connectivity index (χ2n) is 6.02. The molecule has 1 heterocycles. The summed E-state index contributed by atoms with van der Waals surface area (Å²) >= 11 is 0. The summed E-state index contributed by atoms with van der Waals surface area (Å²) in [6.07, 6.45) is 2.40. The minimum absolute atomic E-state index is 0.0221. The molecule has 0 aliphatic carbocycles. The Morgan fingerprint density at radius 2 is 2.10 bits per heavy atom. The molecule has 1 saturated heterocycles. The molecule has 0 aromatic carbocycles. The first-order valence-electron chi connectivity index (χ1n) is 7.69. The number of hydrogen-bond acceptors (Lipinski definition) is 4. The van der Waals surface area contributed by atoms with Gasteiger partial charge in [0.1, 0.15) is 0 Å². The SMILES string of the molecule is CCN(CC(=O)NC(C(C)=O)C(C)C)CC1CCCN1. The second-order valence-corrected chi connectivity index (χ2v) is 6.02. The highest BCUT2D eigenvalue weighted by molar-refractivity contribution is 5.88. The normalized spacial score (nSPS) is 20.4. The van der Waals surface area contributed by atoms with Crippen LogP contribution in [0.3, 0.4) is 0 Å². The van der Waals surface area contributed by atoms with Crippen molar-refractivity contribution in [1.29, 1.82) is 0 Å². The van der Waals surface area contributed by atoms with Crippen molar-refractivity contribution in [2.24, 2.45) is 5.92 Å². The maximum atomic E-state index is 12.1. The fourth-order valence-electron chi connectivity index (χ4n) is 2.69. The summed E-state index contributed by atoms with van der Waals surface area (Å²) in [7, 11) is 0. The highest BCUT2D eigenvalue weighted by Crippen LogP contribution is 2.07. The molecule has 5 nitrogen and oxygen atoms in total. The van der Waals surface area contributed by atoms with Crippen LogP contribution in [0, 0.1) is 5.92 Å². The van der Waals surface area contributed by atoms with Gasteiger partial charge in [-0.25, -0.2) is 0 Å². The Hall–Kier alpha value is -0.940. The van der Waals surface area contributed by atoms with Crippen LogP contribution in [-0.2, 0) is 9.59 Å². The zero-order chi connectivity index (χ0) is 15.1. The van der Waals surface area contributed by atoms with Gasteiger partial charge in [0, 0.05) is 12.6 Å². The smallest absolute Gasteiger partial charge is 0.234 e. The molecular weight excluding hydrogens is 254 g/mol. The van der Waals surface area contributed by atoms with Gasteiger partial charge in [-0.1, -0.05) is 20.8 Å². The van der Waals surface area contributed by atoms with Crippen molar-refractivity contribution in [2.45, 2.75) is 52.6 Å². The number of hydrogen-bond donors (Lipinski definition) is 2.